The van der Waals surface area contributed by atoms with E-state index in [1.165, 1.54) is 17.6 Å². The Kier molecular flexibility index (Phi) is 4.78. The van der Waals surface area contributed by atoms with Gasteiger partial charge >= 0.3 is 0 Å². The van der Waals surface area contributed by atoms with Crippen molar-refractivity contribution < 1.29 is 8.42 Å². The SMILES string of the molecule is Cc1ccc(S(=O)(=O)NN=Cc2cc(-c3ccccc3)cs2)cc1. The van der Waals surface area contributed by atoms with E-state index in [-0.39, 0.29) is 4.90 Å². The number of hydrazone groups is 1. The molecule has 3 aromatic rings. The monoisotopic (exact) mass is 356 g/mol. The number of hydrogen-bond acceptors (Lipinski definition) is 4. The summed E-state index contributed by atoms with van der Waals surface area (Å²) in [5.74, 6) is 0. The summed E-state index contributed by atoms with van der Waals surface area (Å²) in [6, 6.07) is 18.6. The van der Waals surface area contributed by atoms with Crippen LogP contribution < -0.4 is 4.83 Å². The van der Waals surface area contributed by atoms with Crippen LogP contribution in [0.1, 0.15) is 10.4 Å². The van der Waals surface area contributed by atoms with E-state index >= 15 is 0 Å². The molecule has 0 bridgehead atoms. The van der Waals surface area contributed by atoms with Gasteiger partial charge in [0.05, 0.1) is 11.1 Å². The number of nitrogens with zero attached hydrogens (tertiary/aromatic N) is 1. The molecule has 0 aliphatic rings. The molecule has 0 atom stereocenters. The molecule has 0 aliphatic heterocycles. The lowest BCUT2D eigenvalue weighted by Gasteiger charge is -2.03. The highest BCUT2D eigenvalue weighted by molar-refractivity contribution is 7.89. The van der Waals surface area contributed by atoms with Crippen molar-refractivity contribution in [1.29, 1.82) is 0 Å². The minimum atomic E-state index is -3.64. The quantitative estimate of drug-likeness (QED) is 0.554. The summed E-state index contributed by atoms with van der Waals surface area (Å²) >= 11 is 1.51. The fraction of sp³-hybridized carbons (Fsp3) is 0.0556. The van der Waals surface area contributed by atoms with Crippen LogP contribution in [0.2, 0.25) is 0 Å². The van der Waals surface area contributed by atoms with Crippen molar-refractivity contribution in [2.45, 2.75) is 11.8 Å². The molecular weight excluding hydrogens is 340 g/mol. The van der Waals surface area contributed by atoms with Gasteiger partial charge in [-0.15, -0.1) is 11.3 Å². The first-order valence-corrected chi connectivity index (χ1v) is 9.66. The van der Waals surface area contributed by atoms with E-state index < -0.39 is 10.0 Å². The van der Waals surface area contributed by atoms with Crippen LogP contribution in [-0.4, -0.2) is 14.6 Å². The van der Waals surface area contributed by atoms with E-state index in [4.69, 9.17) is 0 Å². The summed E-state index contributed by atoms with van der Waals surface area (Å²) in [4.78, 5) is 3.31. The zero-order valence-electron chi connectivity index (χ0n) is 13.0. The Balaban J connectivity index is 1.70. The highest BCUT2D eigenvalue weighted by atomic mass is 32.2. The molecule has 1 heterocycles. The third-order valence-corrected chi connectivity index (χ3v) is 5.53. The summed E-state index contributed by atoms with van der Waals surface area (Å²) in [6.07, 6.45) is 1.52. The molecule has 0 saturated heterocycles. The second-order valence-corrected chi connectivity index (χ2v) is 7.87. The third kappa shape index (κ3) is 3.90. The normalized spacial score (nSPS) is 11.7. The first-order valence-electron chi connectivity index (χ1n) is 7.30. The van der Waals surface area contributed by atoms with Crippen LogP contribution in [0, 0.1) is 6.92 Å². The lowest BCUT2D eigenvalue weighted by Crippen LogP contribution is -2.18. The van der Waals surface area contributed by atoms with Crippen molar-refractivity contribution in [3.63, 3.8) is 0 Å². The van der Waals surface area contributed by atoms with Crippen LogP contribution in [0.25, 0.3) is 11.1 Å². The van der Waals surface area contributed by atoms with E-state index in [2.05, 4.69) is 9.93 Å². The Hall–Kier alpha value is -2.44. The van der Waals surface area contributed by atoms with E-state index in [0.717, 1.165) is 21.6 Å². The van der Waals surface area contributed by atoms with Gasteiger partial charge in [0.2, 0.25) is 0 Å². The maximum absolute atomic E-state index is 12.1. The Bertz CT molecular complexity index is 944. The number of hydrogen-bond donors (Lipinski definition) is 1. The van der Waals surface area contributed by atoms with Gasteiger partial charge in [-0.25, -0.2) is 4.83 Å². The second-order valence-electron chi connectivity index (χ2n) is 5.27. The van der Waals surface area contributed by atoms with Gasteiger partial charge in [0.15, 0.2) is 0 Å². The number of benzene rings is 2. The van der Waals surface area contributed by atoms with E-state index in [1.807, 2.05) is 48.7 Å². The van der Waals surface area contributed by atoms with E-state index in [0.29, 0.717) is 0 Å². The lowest BCUT2D eigenvalue weighted by molar-refractivity contribution is 0.584. The van der Waals surface area contributed by atoms with Crippen molar-refractivity contribution in [3.8, 4) is 11.1 Å². The minimum Gasteiger partial charge on any atom is -0.200 e. The maximum atomic E-state index is 12.1. The van der Waals surface area contributed by atoms with Gasteiger partial charge in [-0.3, -0.25) is 0 Å². The van der Waals surface area contributed by atoms with Crippen molar-refractivity contribution >= 4 is 27.6 Å². The topological polar surface area (TPSA) is 58.5 Å². The molecule has 0 aliphatic carbocycles. The summed E-state index contributed by atoms with van der Waals surface area (Å²) in [6.45, 7) is 1.91. The number of sulfonamides is 1. The first kappa shape index (κ1) is 16.4. The Labute approximate surface area is 145 Å². The molecule has 6 heteroatoms. The van der Waals surface area contributed by atoms with Gasteiger partial charge in [-0.05, 0) is 41.6 Å². The standard InChI is InChI=1S/C18H16N2O2S2/c1-14-7-9-18(10-8-14)24(21,22)20-19-12-17-11-16(13-23-17)15-5-3-2-4-6-15/h2-13,20H,1H3. The van der Waals surface area contributed by atoms with Gasteiger partial charge in [-0.1, -0.05) is 48.0 Å². The largest absolute Gasteiger partial charge is 0.276 e. The molecule has 3 rings (SSSR count). The highest BCUT2D eigenvalue weighted by Crippen LogP contribution is 2.24. The average Bonchev–Trinajstić information content (AvgIpc) is 3.05. The predicted octanol–water partition coefficient (Wildman–Crippen LogP) is 4.04. The van der Waals surface area contributed by atoms with Crippen molar-refractivity contribution in [3.05, 3.63) is 76.5 Å². The summed E-state index contributed by atoms with van der Waals surface area (Å²) in [7, 11) is -3.64. The number of rotatable bonds is 5. The van der Waals surface area contributed by atoms with Crippen LogP contribution in [0.4, 0.5) is 0 Å². The molecule has 0 unspecified atom stereocenters. The van der Waals surface area contributed by atoms with Gasteiger partial charge in [0.1, 0.15) is 0 Å². The summed E-state index contributed by atoms with van der Waals surface area (Å²) in [5.41, 5.74) is 3.21. The Morgan fingerprint density at radius 3 is 2.42 bits per heavy atom. The van der Waals surface area contributed by atoms with E-state index in [1.54, 1.807) is 24.3 Å². The van der Waals surface area contributed by atoms with E-state index in [9.17, 15) is 8.42 Å². The zero-order valence-corrected chi connectivity index (χ0v) is 14.6. The number of nitrogens with one attached hydrogen (secondary N) is 1. The molecular formula is C18H16N2O2S2. The molecule has 0 amide bonds. The lowest BCUT2D eigenvalue weighted by atomic mass is 10.1. The molecule has 1 aromatic heterocycles. The maximum Gasteiger partial charge on any atom is 0.276 e. The van der Waals surface area contributed by atoms with Gasteiger partial charge in [-0.2, -0.15) is 13.5 Å². The van der Waals surface area contributed by atoms with Crippen LogP contribution in [0.15, 0.2) is 76.0 Å². The number of aryl methyl sites for hydroxylation is 1. The first-order chi connectivity index (χ1) is 11.5. The fourth-order valence-electron chi connectivity index (χ4n) is 2.13. The van der Waals surface area contributed by atoms with Crippen molar-refractivity contribution in [2.75, 3.05) is 0 Å². The molecule has 2 aromatic carbocycles. The van der Waals surface area contributed by atoms with Gasteiger partial charge < -0.3 is 0 Å². The molecule has 122 valence electrons. The van der Waals surface area contributed by atoms with Crippen LogP contribution >= 0.6 is 11.3 Å². The van der Waals surface area contributed by atoms with Gasteiger partial charge in [0, 0.05) is 4.88 Å². The minimum absolute atomic E-state index is 0.196. The summed E-state index contributed by atoms with van der Waals surface area (Å²) in [5, 5.41) is 5.89. The van der Waals surface area contributed by atoms with Crippen molar-refractivity contribution in [2.24, 2.45) is 5.10 Å². The van der Waals surface area contributed by atoms with Gasteiger partial charge in [0.25, 0.3) is 10.0 Å². The third-order valence-electron chi connectivity index (χ3n) is 3.42. The number of thiophene rings is 1. The van der Waals surface area contributed by atoms with Crippen LogP contribution in [0.3, 0.4) is 0 Å². The molecule has 0 saturated carbocycles. The van der Waals surface area contributed by atoms with Crippen molar-refractivity contribution in [1.82, 2.24) is 4.83 Å². The zero-order chi connectivity index (χ0) is 17.0. The molecule has 0 fully saturated rings. The van der Waals surface area contributed by atoms with Crippen LogP contribution in [0.5, 0.6) is 0 Å². The average molecular weight is 356 g/mol. The smallest absolute Gasteiger partial charge is 0.200 e. The Morgan fingerprint density at radius 2 is 1.71 bits per heavy atom. The molecule has 1 N–H and O–H groups in total. The Morgan fingerprint density at radius 1 is 1.00 bits per heavy atom. The highest BCUT2D eigenvalue weighted by Gasteiger charge is 2.11. The second kappa shape index (κ2) is 6.98. The predicted molar refractivity (Wildman–Crippen MR) is 98.8 cm³/mol. The molecule has 24 heavy (non-hydrogen) atoms. The molecule has 0 radical (unpaired) electrons. The fourth-order valence-corrected chi connectivity index (χ4v) is 3.70. The van der Waals surface area contributed by atoms with Crippen LogP contribution in [-0.2, 0) is 10.0 Å². The molecule has 0 spiro atoms. The summed E-state index contributed by atoms with van der Waals surface area (Å²) < 4.78 is 24.3. The molecule has 4 nitrogen and oxygen atoms in total.